The molecule has 1 N–H and O–H groups in total. The number of amides is 1. The number of fused-ring (bicyclic) bond motifs is 2. The molecule has 4 atom stereocenters. The Morgan fingerprint density at radius 3 is 2.52 bits per heavy atom. The molecule has 2 aliphatic carbocycles. The van der Waals surface area contributed by atoms with Crippen molar-refractivity contribution in [2.24, 2.45) is 23.7 Å². The van der Waals surface area contributed by atoms with Gasteiger partial charge in [-0.05, 0) is 49.9 Å². The third-order valence-corrected chi connectivity index (χ3v) is 7.35. The molecule has 0 aromatic carbocycles. The molecule has 3 fully saturated rings. The Morgan fingerprint density at radius 2 is 1.85 bits per heavy atom. The molecular formula is C19H27F2N5O. The number of piperidine rings is 1. The third kappa shape index (κ3) is 3.01. The maximum absolute atomic E-state index is 13.5. The Balaban J connectivity index is 1.19. The summed E-state index contributed by atoms with van der Waals surface area (Å²) in [5.41, 5.74) is 0. The summed E-state index contributed by atoms with van der Waals surface area (Å²) in [4.78, 5) is 19.0. The Kier molecular flexibility index (Phi) is 4.31. The van der Waals surface area contributed by atoms with Crippen LogP contribution in [0.25, 0.3) is 0 Å². The number of carbonyl (C=O) groups is 1. The summed E-state index contributed by atoms with van der Waals surface area (Å²) in [6, 6.07) is -0.940. The van der Waals surface area contributed by atoms with Crippen molar-refractivity contribution in [3.63, 3.8) is 0 Å². The van der Waals surface area contributed by atoms with Gasteiger partial charge in [0.05, 0.1) is 0 Å². The molecule has 1 aromatic rings. The summed E-state index contributed by atoms with van der Waals surface area (Å²) < 4.78 is 28.2. The Labute approximate surface area is 157 Å². The molecule has 27 heavy (non-hydrogen) atoms. The van der Waals surface area contributed by atoms with Crippen molar-refractivity contribution in [3.8, 4) is 0 Å². The quantitative estimate of drug-likeness (QED) is 0.877. The van der Waals surface area contributed by atoms with Crippen molar-refractivity contribution < 1.29 is 13.6 Å². The smallest absolute Gasteiger partial charge is 0.260 e. The van der Waals surface area contributed by atoms with Crippen LogP contribution in [0.15, 0.2) is 6.33 Å². The number of anilines is 1. The number of hydrogen-bond donors (Lipinski definition) is 1. The lowest BCUT2D eigenvalue weighted by Crippen LogP contribution is -2.46. The lowest BCUT2D eigenvalue weighted by molar-refractivity contribution is -0.134. The summed E-state index contributed by atoms with van der Waals surface area (Å²) in [6.07, 6.45) is 5.97. The Bertz CT molecular complexity index is 690. The lowest BCUT2D eigenvalue weighted by Gasteiger charge is -2.40. The van der Waals surface area contributed by atoms with Gasteiger partial charge in [0.25, 0.3) is 6.43 Å². The minimum Gasteiger partial charge on any atom is -0.351 e. The van der Waals surface area contributed by atoms with Crippen LogP contribution < -0.4 is 5.32 Å². The minimum absolute atomic E-state index is 0.0264. The number of nitrogens with one attached hydrogen (secondary N) is 1. The van der Waals surface area contributed by atoms with Gasteiger partial charge in [-0.3, -0.25) is 4.79 Å². The molecular weight excluding hydrogens is 352 g/mol. The molecule has 148 valence electrons. The van der Waals surface area contributed by atoms with E-state index in [4.69, 9.17) is 0 Å². The van der Waals surface area contributed by atoms with Crippen LogP contribution in [0, 0.1) is 23.7 Å². The highest BCUT2D eigenvalue weighted by molar-refractivity contribution is 5.82. The van der Waals surface area contributed by atoms with Gasteiger partial charge >= 0.3 is 0 Å². The molecule has 4 aliphatic rings. The van der Waals surface area contributed by atoms with Crippen LogP contribution in [0.1, 0.15) is 51.0 Å². The fourth-order valence-corrected chi connectivity index (χ4v) is 5.79. The van der Waals surface area contributed by atoms with Gasteiger partial charge in [0.1, 0.15) is 12.4 Å². The van der Waals surface area contributed by atoms with E-state index in [9.17, 15) is 13.6 Å². The molecule has 8 heteroatoms. The zero-order chi connectivity index (χ0) is 18.5. The maximum atomic E-state index is 13.5. The molecule has 3 heterocycles. The molecule has 2 saturated carbocycles. The van der Waals surface area contributed by atoms with Gasteiger partial charge in [-0.15, -0.1) is 0 Å². The van der Waals surface area contributed by atoms with Crippen molar-refractivity contribution in [1.29, 1.82) is 0 Å². The fraction of sp³-hybridized carbons (Fsp3) is 0.842. The van der Waals surface area contributed by atoms with Crippen LogP contribution in [0.4, 0.5) is 14.7 Å². The van der Waals surface area contributed by atoms with E-state index in [2.05, 4.69) is 15.4 Å². The topological polar surface area (TPSA) is 63.1 Å². The summed E-state index contributed by atoms with van der Waals surface area (Å²) in [6.45, 7) is 1.51. The second-order valence-corrected chi connectivity index (χ2v) is 8.72. The molecule has 0 radical (unpaired) electrons. The van der Waals surface area contributed by atoms with E-state index in [0.29, 0.717) is 36.0 Å². The van der Waals surface area contributed by atoms with E-state index in [1.165, 1.54) is 36.7 Å². The number of rotatable bonds is 3. The monoisotopic (exact) mass is 379 g/mol. The van der Waals surface area contributed by atoms with Crippen LogP contribution in [0.3, 0.4) is 0 Å². The van der Waals surface area contributed by atoms with Gasteiger partial charge in [-0.1, -0.05) is 12.8 Å². The first-order chi connectivity index (χ1) is 13.1. The normalized spacial score (nSPS) is 36.1. The molecule has 0 unspecified atom stereocenters. The first-order valence-corrected chi connectivity index (χ1v) is 10.4. The Hall–Kier alpha value is -1.73. The average molecular weight is 379 g/mol. The molecule has 1 amide bonds. The highest BCUT2D eigenvalue weighted by Gasteiger charge is 2.56. The maximum Gasteiger partial charge on any atom is 0.260 e. The van der Waals surface area contributed by atoms with Crippen molar-refractivity contribution in [3.05, 3.63) is 6.33 Å². The Morgan fingerprint density at radius 1 is 1.15 bits per heavy atom. The van der Waals surface area contributed by atoms with E-state index in [1.54, 1.807) is 0 Å². The number of alkyl halides is 2. The second kappa shape index (κ2) is 6.71. The molecule has 2 aliphatic heterocycles. The first kappa shape index (κ1) is 17.4. The number of aromatic nitrogens is 3. The predicted octanol–water partition coefficient (Wildman–Crippen LogP) is 2.94. The van der Waals surface area contributed by atoms with Crippen molar-refractivity contribution >= 4 is 11.9 Å². The number of hydrogen-bond acceptors (Lipinski definition) is 4. The number of likely N-dealkylation sites (tertiary alicyclic amines) is 1. The zero-order valence-corrected chi connectivity index (χ0v) is 15.4. The first-order valence-electron chi connectivity index (χ1n) is 10.4. The summed E-state index contributed by atoms with van der Waals surface area (Å²) in [5, 5.41) is 7.25. The SMILES string of the molecule is O=C(C1[C@H]2CCCC[C@H]12)N1CCC([C@@H]2C[C@H](C(F)F)n3ncnc3N2)CC1. The second-order valence-electron chi connectivity index (χ2n) is 8.72. The summed E-state index contributed by atoms with van der Waals surface area (Å²) in [7, 11) is 0. The molecule has 1 saturated heterocycles. The van der Waals surface area contributed by atoms with E-state index in [1.807, 2.05) is 4.90 Å². The van der Waals surface area contributed by atoms with Crippen molar-refractivity contribution in [1.82, 2.24) is 19.7 Å². The molecule has 1 aromatic heterocycles. The van der Waals surface area contributed by atoms with Gasteiger partial charge in [0.15, 0.2) is 0 Å². The van der Waals surface area contributed by atoms with Crippen molar-refractivity contribution in [2.75, 3.05) is 18.4 Å². The van der Waals surface area contributed by atoms with Gasteiger partial charge in [0, 0.05) is 25.0 Å². The summed E-state index contributed by atoms with van der Waals surface area (Å²) >= 11 is 0. The van der Waals surface area contributed by atoms with Crippen LogP contribution in [0.2, 0.25) is 0 Å². The highest BCUT2D eigenvalue weighted by atomic mass is 19.3. The van der Waals surface area contributed by atoms with Gasteiger partial charge in [-0.2, -0.15) is 10.1 Å². The van der Waals surface area contributed by atoms with E-state index in [0.717, 1.165) is 25.9 Å². The van der Waals surface area contributed by atoms with Gasteiger partial charge in [0.2, 0.25) is 11.9 Å². The van der Waals surface area contributed by atoms with E-state index < -0.39 is 12.5 Å². The van der Waals surface area contributed by atoms with Gasteiger partial charge < -0.3 is 10.2 Å². The average Bonchev–Trinajstić information content (AvgIpc) is 3.23. The van der Waals surface area contributed by atoms with Crippen LogP contribution in [0.5, 0.6) is 0 Å². The van der Waals surface area contributed by atoms with Crippen LogP contribution in [-0.4, -0.2) is 51.1 Å². The van der Waals surface area contributed by atoms with E-state index >= 15 is 0 Å². The predicted molar refractivity (Wildman–Crippen MR) is 95.3 cm³/mol. The molecule has 5 rings (SSSR count). The lowest BCUT2D eigenvalue weighted by atomic mass is 9.85. The molecule has 0 bridgehead atoms. The number of halogens is 2. The van der Waals surface area contributed by atoms with Gasteiger partial charge in [-0.25, -0.2) is 13.5 Å². The van der Waals surface area contributed by atoms with Crippen molar-refractivity contribution in [2.45, 2.75) is 63.5 Å². The number of carbonyl (C=O) groups excluding carboxylic acids is 1. The zero-order valence-electron chi connectivity index (χ0n) is 15.4. The van der Waals surface area contributed by atoms with E-state index in [-0.39, 0.29) is 12.0 Å². The largest absolute Gasteiger partial charge is 0.351 e. The highest BCUT2D eigenvalue weighted by Crippen LogP contribution is 2.56. The fourth-order valence-electron chi connectivity index (χ4n) is 5.79. The summed E-state index contributed by atoms with van der Waals surface area (Å²) in [5.74, 6) is 2.65. The number of nitrogens with zero attached hydrogens (tertiary/aromatic N) is 4. The standard InChI is InChI=1S/C19H27F2N5O/c20-17(21)15-9-14(24-19-22-10-23-26(15)19)11-5-7-25(8-6-11)18(27)16-12-3-1-2-4-13(12)16/h10-17H,1-9H2,(H,22,23,24)/t12-,13-,14-,15+/m0/s1. The third-order valence-electron chi connectivity index (χ3n) is 7.35. The van der Waals surface area contributed by atoms with Crippen LogP contribution >= 0.6 is 0 Å². The minimum atomic E-state index is -2.45. The van der Waals surface area contributed by atoms with Crippen LogP contribution in [-0.2, 0) is 4.79 Å². The molecule has 6 nitrogen and oxygen atoms in total. The molecule has 0 spiro atoms.